The molecule has 1 aliphatic carbocycles. The van der Waals surface area contributed by atoms with E-state index in [1.165, 1.54) is 56.6 Å². The van der Waals surface area contributed by atoms with E-state index in [1.54, 1.807) is 0 Å². The van der Waals surface area contributed by atoms with Gasteiger partial charge in [0.05, 0.1) is 6.26 Å². The van der Waals surface area contributed by atoms with Crippen LogP contribution in [-0.2, 0) is 6.42 Å². The summed E-state index contributed by atoms with van der Waals surface area (Å²) < 4.78 is 5.62. The number of likely N-dealkylation sites (tertiary alicyclic amines) is 1. The third-order valence-electron chi connectivity index (χ3n) is 5.09. The van der Waals surface area contributed by atoms with E-state index < -0.39 is 0 Å². The van der Waals surface area contributed by atoms with Gasteiger partial charge in [0.2, 0.25) is 0 Å². The summed E-state index contributed by atoms with van der Waals surface area (Å²) in [6.07, 6.45) is 8.38. The molecule has 1 N–H and O–H groups in total. The fraction of sp³-hybridized carbons (Fsp3) is 0.733. The molecule has 2 fully saturated rings. The predicted octanol–water partition coefficient (Wildman–Crippen LogP) is 2.34. The highest BCUT2D eigenvalue weighted by Gasteiger charge is 2.39. The van der Waals surface area contributed by atoms with Crippen LogP contribution >= 0.6 is 0 Å². The van der Waals surface area contributed by atoms with E-state index in [1.807, 2.05) is 6.26 Å². The summed E-state index contributed by atoms with van der Waals surface area (Å²) in [4.78, 5) is 2.71. The molecule has 3 nitrogen and oxygen atoms in total. The third-order valence-corrected chi connectivity index (χ3v) is 5.09. The zero-order valence-corrected chi connectivity index (χ0v) is 10.9. The fourth-order valence-corrected chi connectivity index (χ4v) is 4.18. The molecule has 3 heterocycles. The van der Waals surface area contributed by atoms with Crippen molar-refractivity contribution in [2.45, 2.75) is 44.2 Å². The quantitative estimate of drug-likeness (QED) is 0.824. The Balaban J connectivity index is 1.55. The number of nitrogens with zero attached hydrogens (tertiary/aromatic N) is 1. The highest BCUT2D eigenvalue weighted by molar-refractivity contribution is 5.24. The van der Waals surface area contributed by atoms with Gasteiger partial charge in [0.1, 0.15) is 5.76 Å². The van der Waals surface area contributed by atoms with Gasteiger partial charge in [-0.25, -0.2) is 0 Å². The molecule has 0 amide bonds. The Hall–Kier alpha value is -0.800. The number of aryl methyl sites for hydroxylation is 1. The number of piperidine rings is 1. The van der Waals surface area contributed by atoms with Crippen molar-refractivity contribution < 1.29 is 4.42 Å². The van der Waals surface area contributed by atoms with Crippen LogP contribution < -0.4 is 5.32 Å². The second-order valence-corrected chi connectivity index (χ2v) is 6.12. The first-order valence-electron chi connectivity index (χ1n) is 7.45. The second-order valence-electron chi connectivity index (χ2n) is 6.12. The van der Waals surface area contributed by atoms with Crippen molar-refractivity contribution in [2.24, 2.45) is 5.92 Å². The largest absolute Gasteiger partial charge is 0.469 e. The molecule has 3 atom stereocenters. The van der Waals surface area contributed by atoms with E-state index in [0.29, 0.717) is 6.04 Å². The summed E-state index contributed by atoms with van der Waals surface area (Å²) in [6, 6.07) is 3.57. The molecular formula is C15H22N2O. The van der Waals surface area contributed by atoms with Crippen molar-refractivity contribution in [2.75, 3.05) is 19.6 Å². The van der Waals surface area contributed by atoms with Gasteiger partial charge in [0.15, 0.2) is 0 Å². The lowest BCUT2D eigenvalue weighted by Gasteiger charge is -2.30. The fourth-order valence-electron chi connectivity index (χ4n) is 4.18. The molecule has 98 valence electrons. The van der Waals surface area contributed by atoms with Gasteiger partial charge in [0, 0.05) is 37.2 Å². The van der Waals surface area contributed by atoms with E-state index >= 15 is 0 Å². The van der Waals surface area contributed by atoms with Crippen molar-refractivity contribution in [1.29, 1.82) is 0 Å². The van der Waals surface area contributed by atoms with E-state index in [9.17, 15) is 0 Å². The van der Waals surface area contributed by atoms with Crippen LogP contribution in [-0.4, -0.2) is 30.6 Å². The maximum absolute atomic E-state index is 5.62. The van der Waals surface area contributed by atoms with Gasteiger partial charge >= 0.3 is 0 Å². The lowest BCUT2D eigenvalue weighted by Crippen LogP contribution is -2.40. The SMILES string of the molecule is c1cc2c(o1)CCCC2N1C[C@@H]2CCCN[C@@H]2C1. The first kappa shape index (κ1) is 11.1. The number of hydrogen-bond donors (Lipinski definition) is 1. The Morgan fingerprint density at radius 1 is 1.22 bits per heavy atom. The van der Waals surface area contributed by atoms with Gasteiger partial charge in [-0.15, -0.1) is 0 Å². The zero-order valence-electron chi connectivity index (χ0n) is 10.9. The average molecular weight is 246 g/mol. The summed E-state index contributed by atoms with van der Waals surface area (Å²) in [5.74, 6) is 2.13. The number of nitrogens with one attached hydrogen (secondary N) is 1. The van der Waals surface area contributed by atoms with E-state index in [2.05, 4.69) is 16.3 Å². The molecule has 4 rings (SSSR count). The predicted molar refractivity (Wildman–Crippen MR) is 70.5 cm³/mol. The topological polar surface area (TPSA) is 28.4 Å². The molecule has 0 aromatic carbocycles. The van der Waals surface area contributed by atoms with Gasteiger partial charge in [-0.05, 0) is 44.2 Å². The smallest absolute Gasteiger partial charge is 0.108 e. The average Bonchev–Trinajstić information content (AvgIpc) is 3.04. The van der Waals surface area contributed by atoms with Crippen LogP contribution in [0.25, 0.3) is 0 Å². The minimum Gasteiger partial charge on any atom is -0.469 e. The summed E-state index contributed by atoms with van der Waals surface area (Å²) in [5, 5.41) is 3.70. The standard InChI is InChI=1S/C15H22N2O/c1-4-14(12-6-8-18-15(12)5-1)17-9-11-3-2-7-16-13(11)10-17/h6,8,11,13-14,16H,1-5,7,9-10H2/t11-,13+,14?/m0/s1. The normalized spacial score (nSPS) is 36.3. The van der Waals surface area contributed by atoms with E-state index in [0.717, 1.165) is 18.4 Å². The van der Waals surface area contributed by atoms with Crippen LogP contribution in [0.2, 0.25) is 0 Å². The van der Waals surface area contributed by atoms with Gasteiger partial charge in [-0.1, -0.05) is 0 Å². The van der Waals surface area contributed by atoms with Crippen molar-refractivity contribution in [3.05, 3.63) is 23.7 Å². The molecule has 1 unspecified atom stereocenters. The molecule has 2 saturated heterocycles. The Labute approximate surface area is 109 Å². The Morgan fingerprint density at radius 3 is 3.17 bits per heavy atom. The Bertz CT molecular complexity index is 414. The lowest BCUT2D eigenvalue weighted by atomic mass is 9.92. The third kappa shape index (κ3) is 1.72. The van der Waals surface area contributed by atoms with Gasteiger partial charge in [-0.2, -0.15) is 0 Å². The first-order valence-corrected chi connectivity index (χ1v) is 7.45. The van der Waals surface area contributed by atoms with E-state index in [-0.39, 0.29) is 0 Å². The number of hydrogen-bond acceptors (Lipinski definition) is 3. The maximum atomic E-state index is 5.62. The summed E-state index contributed by atoms with van der Waals surface area (Å²) in [6.45, 7) is 3.74. The molecule has 2 aliphatic heterocycles. The summed E-state index contributed by atoms with van der Waals surface area (Å²) in [5.41, 5.74) is 1.47. The molecule has 3 heteroatoms. The molecule has 0 bridgehead atoms. The molecule has 1 aromatic heterocycles. The van der Waals surface area contributed by atoms with Crippen LogP contribution in [0.1, 0.15) is 43.0 Å². The molecule has 1 aromatic rings. The van der Waals surface area contributed by atoms with Crippen LogP contribution in [0, 0.1) is 5.92 Å². The highest BCUT2D eigenvalue weighted by Crippen LogP contribution is 2.38. The Kier molecular flexibility index (Phi) is 2.70. The van der Waals surface area contributed by atoms with Gasteiger partial charge in [-0.3, -0.25) is 4.90 Å². The van der Waals surface area contributed by atoms with Crippen molar-refractivity contribution in [1.82, 2.24) is 10.2 Å². The number of furan rings is 1. The summed E-state index contributed by atoms with van der Waals surface area (Å²) in [7, 11) is 0. The van der Waals surface area contributed by atoms with Crippen molar-refractivity contribution in [3.8, 4) is 0 Å². The maximum Gasteiger partial charge on any atom is 0.108 e. The molecule has 0 radical (unpaired) electrons. The minimum atomic E-state index is 0.625. The molecule has 0 saturated carbocycles. The van der Waals surface area contributed by atoms with Crippen LogP contribution in [0.3, 0.4) is 0 Å². The monoisotopic (exact) mass is 246 g/mol. The van der Waals surface area contributed by atoms with Crippen molar-refractivity contribution >= 4 is 0 Å². The van der Waals surface area contributed by atoms with Crippen LogP contribution in [0.15, 0.2) is 16.7 Å². The zero-order chi connectivity index (χ0) is 11.9. The first-order chi connectivity index (χ1) is 8.92. The summed E-state index contributed by atoms with van der Waals surface area (Å²) >= 11 is 0. The lowest BCUT2D eigenvalue weighted by molar-refractivity contribution is 0.207. The molecule has 0 spiro atoms. The van der Waals surface area contributed by atoms with Crippen LogP contribution in [0.5, 0.6) is 0 Å². The number of rotatable bonds is 1. The second kappa shape index (κ2) is 4.39. The highest BCUT2D eigenvalue weighted by atomic mass is 16.3. The molecule has 3 aliphatic rings. The molecular weight excluding hydrogens is 224 g/mol. The minimum absolute atomic E-state index is 0.625. The molecule has 18 heavy (non-hydrogen) atoms. The number of fused-ring (bicyclic) bond motifs is 2. The van der Waals surface area contributed by atoms with Crippen LogP contribution in [0.4, 0.5) is 0 Å². The van der Waals surface area contributed by atoms with Gasteiger partial charge < -0.3 is 9.73 Å². The Morgan fingerprint density at radius 2 is 2.22 bits per heavy atom. The van der Waals surface area contributed by atoms with E-state index in [4.69, 9.17) is 4.42 Å². The van der Waals surface area contributed by atoms with Crippen molar-refractivity contribution in [3.63, 3.8) is 0 Å². The van der Waals surface area contributed by atoms with Gasteiger partial charge in [0.25, 0.3) is 0 Å².